The van der Waals surface area contributed by atoms with Crippen LogP contribution in [-0.2, 0) is 5.54 Å². The predicted molar refractivity (Wildman–Crippen MR) is 97.8 cm³/mol. The molecule has 1 atom stereocenters. The Bertz CT molecular complexity index is 801. The van der Waals surface area contributed by atoms with Gasteiger partial charge in [-0.3, -0.25) is 4.99 Å². The van der Waals surface area contributed by atoms with E-state index in [-0.39, 0.29) is 0 Å². The van der Waals surface area contributed by atoms with Crippen molar-refractivity contribution in [3.05, 3.63) is 47.8 Å². The fourth-order valence-electron chi connectivity index (χ4n) is 2.55. The molecular weight excluding hydrogens is 316 g/mol. The molecule has 0 radical (unpaired) electrons. The zero-order chi connectivity index (χ0) is 18.4. The Labute approximate surface area is 147 Å². The van der Waals surface area contributed by atoms with Gasteiger partial charge in [-0.1, -0.05) is 6.07 Å². The molecule has 2 aromatic rings. The lowest BCUT2D eigenvalue weighted by Gasteiger charge is -2.24. The van der Waals surface area contributed by atoms with Gasteiger partial charge in [-0.15, -0.1) is 0 Å². The number of nitriles is 1. The smallest absolute Gasteiger partial charge is 0.161 e. The number of aromatic nitrogens is 1. The van der Waals surface area contributed by atoms with E-state index in [1.807, 2.05) is 44.2 Å². The third-order valence-electron chi connectivity index (χ3n) is 3.96. The van der Waals surface area contributed by atoms with Crippen molar-refractivity contribution in [3.63, 3.8) is 0 Å². The number of aliphatic imine (C=N–C) groups is 1. The standard InChI is InChI=1S/C19H22N4O2/c1-19(2,14-7-8-16(24-3)17(10-14)25-4)23-18(13(11-20)12-21)15-6-5-9-22-15/h5-11,13,20,22H,1-4H3. The molecule has 0 saturated heterocycles. The van der Waals surface area contributed by atoms with Gasteiger partial charge in [0.15, 0.2) is 11.5 Å². The van der Waals surface area contributed by atoms with Gasteiger partial charge in [-0.25, -0.2) is 0 Å². The van der Waals surface area contributed by atoms with Gasteiger partial charge >= 0.3 is 0 Å². The second-order valence-electron chi connectivity index (χ2n) is 5.98. The molecule has 0 saturated carbocycles. The van der Waals surface area contributed by atoms with Crippen molar-refractivity contribution in [1.29, 1.82) is 10.7 Å². The van der Waals surface area contributed by atoms with E-state index in [2.05, 4.69) is 11.1 Å². The van der Waals surface area contributed by atoms with Gasteiger partial charge in [0, 0.05) is 12.4 Å². The van der Waals surface area contributed by atoms with Crippen molar-refractivity contribution in [2.24, 2.45) is 10.9 Å². The fourth-order valence-corrected chi connectivity index (χ4v) is 2.55. The minimum atomic E-state index is -0.724. The van der Waals surface area contributed by atoms with Gasteiger partial charge in [-0.05, 0) is 43.7 Å². The van der Waals surface area contributed by atoms with E-state index in [0.29, 0.717) is 17.2 Å². The molecule has 1 aromatic heterocycles. The Morgan fingerprint density at radius 1 is 1.28 bits per heavy atom. The molecule has 0 aliphatic heterocycles. The van der Waals surface area contributed by atoms with Gasteiger partial charge in [0.05, 0.1) is 37.2 Å². The first kappa shape index (κ1) is 18.3. The summed E-state index contributed by atoms with van der Waals surface area (Å²) in [4.78, 5) is 7.88. The van der Waals surface area contributed by atoms with Crippen LogP contribution in [0.5, 0.6) is 11.5 Å². The summed E-state index contributed by atoms with van der Waals surface area (Å²) in [5.74, 6) is 0.539. The largest absolute Gasteiger partial charge is 0.493 e. The van der Waals surface area contributed by atoms with E-state index in [1.165, 1.54) is 0 Å². The average Bonchev–Trinajstić information content (AvgIpc) is 3.15. The summed E-state index contributed by atoms with van der Waals surface area (Å²) in [6.07, 6.45) is 2.87. The predicted octanol–water partition coefficient (Wildman–Crippen LogP) is 3.55. The summed E-state index contributed by atoms with van der Waals surface area (Å²) in [6, 6.07) is 11.4. The van der Waals surface area contributed by atoms with Crippen LogP contribution in [0.2, 0.25) is 0 Å². The molecule has 6 heteroatoms. The summed E-state index contributed by atoms with van der Waals surface area (Å²) in [6.45, 7) is 3.91. The number of aromatic amines is 1. The molecule has 1 heterocycles. The monoisotopic (exact) mass is 338 g/mol. The highest BCUT2D eigenvalue weighted by atomic mass is 16.5. The molecule has 2 N–H and O–H groups in total. The summed E-state index contributed by atoms with van der Waals surface area (Å²) < 4.78 is 10.6. The molecule has 0 fully saturated rings. The molecule has 0 aliphatic carbocycles. The van der Waals surface area contributed by atoms with Crippen molar-refractivity contribution in [2.45, 2.75) is 19.4 Å². The Morgan fingerprint density at radius 2 is 2.00 bits per heavy atom. The van der Waals surface area contributed by atoms with E-state index in [0.717, 1.165) is 17.5 Å². The van der Waals surface area contributed by atoms with Gasteiger partial charge in [0.25, 0.3) is 0 Å². The van der Waals surface area contributed by atoms with Crippen LogP contribution >= 0.6 is 0 Å². The Kier molecular flexibility index (Phi) is 5.60. The van der Waals surface area contributed by atoms with E-state index in [9.17, 15) is 5.26 Å². The Morgan fingerprint density at radius 3 is 2.52 bits per heavy atom. The average molecular weight is 338 g/mol. The van der Waals surface area contributed by atoms with Crippen molar-refractivity contribution >= 4 is 11.9 Å². The number of nitrogens with one attached hydrogen (secondary N) is 2. The minimum Gasteiger partial charge on any atom is -0.493 e. The lowest BCUT2D eigenvalue weighted by molar-refractivity contribution is 0.353. The maximum Gasteiger partial charge on any atom is 0.161 e. The molecule has 0 spiro atoms. The number of methoxy groups -OCH3 is 2. The zero-order valence-corrected chi connectivity index (χ0v) is 14.8. The number of nitrogens with zero attached hydrogens (tertiary/aromatic N) is 2. The molecule has 0 aliphatic rings. The fraction of sp³-hybridized carbons (Fsp3) is 0.316. The van der Waals surface area contributed by atoms with Crippen LogP contribution < -0.4 is 9.47 Å². The van der Waals surface area contributed by atoms with Gasteiger partial charge in [0.2, 0.25) is 0 Å². The van der Waals surface area contributed by atoms with Crippen LogP contribution in [0.1, 0.15) is 25.1 Å². The van der Waals surface area contributed by atoms with Crippen molar-refractivity contribution in [1.82, 2.24) is 4.98 Å². The molecule has 6 nitrogen and oxygen atoms in total. The number of H-pyrrole nitrogens is 1. The Balaban J connectivity index is 2.54. The van der Waals surface area contributed by atoms with Gasteiger partial charge in [0.1, 0.15) is 5.92 Å². The normalized spacial score (nSPS) is 13.0. The third-order valence-corrected chi connectivity index (χ3v) is 3.96. The third kappa shape index (κ3) is 3.89. The first-order chi connectivity index (χ1) is 12.0. The quantitative estimate of drug-likeness (QED) is 0.756. The molecule has 130 valence electrons. The lowest BCUT2D eigenvalue weighted by atomic mass is 9.93. The molecule has 1 unspecified atom stereocenters. The Hall–Kier alpha value is -3.07. The van der Waals surface area contributed by atoms with Crippen LogP contribution in [0.3, 0.4) is 0 Å². The number of hydrogen-bond donors (Lipinski definition) is 2. The van der Waals surface area contributed by atoms with Crippen molar-refractivity contribution in [2.75, 3.05) is 14.2 Å². The highest BCUT2D eigenvalue weighted by Gasteiger charge is 2.25. The van der Waals surface area contributed by atoms with E-state index >= 15 is 0 Å². The highest BCUT2D eigenvalue weighted by molar-refractivity contribution is 6.10. The SMILES string of the molecule is COc1ccc(C(C)(C)N=C(c2ccc[nH]2)C(C#N)C=N)cc1OC. The highest BCUT2D eigenvalue weighted by Crippen LogP contribution is 2.34. The molecule has 1 aromatic carbocycles. The number of ether oxygens (including phenoxy) is 2. The van der Waals surface area contributed by atoms with Gasteiger partial charge < -0.3 is 19.9 Å². The maximum absolute atomic E-state index is 9.38. The summed E-state index contributed by atoms with van der Waals surface area (Å²) in [5, 5.41) is 16.9. The summed E-state index contributed by atoms with van der Waals surface area (Å²) in [7, 11) is 3.18. The van der Waals surface area contributed by atoms with E-state index in [4.69, 9.17) is 19.9 Å². The molecule has 25 heavy (non-hydrogen) atoms. The van der Waals surface area contributed by atoms with E-state index < -0.39 is 11.5 Å². The molecule has 2 rings (SSSR count). The molecular formula is C19H22N4O2. The van der Waals surface area contributed by atoms with Crippen LogP contribution in [0.4, 0.5) is 0 Å². The van der Waals surface area contributed by atoms with E-state index in [1.54, 1.807) is 20.4 Å². The first-order valence-electron chi connectivity index (χ1n) is 7.83. The molecule has 0 amide bonds. The molecule has 0 bridgehead atoms. The lowest BCUT2D eigenvalue weighted by Crippen LogP contribution is -2.23. The maximum atomic E-state index is 9.38. The number of benzene rings is 1. The minimum absolute atomic E-state index is 0.530. The van der Waals surface area contributed by atoms with Crippen molar-refractivity contribution < 1.29 is 9.47 Å². The van der Waals surface area contributed by atoms with Crippen LogP contribution in [0.15, 0.2) is 41.5 Å². The second kappa shape index (κ2) is 7.67. The zero-order valence-electron chi connectivity index (χ0n) is 14.8. The van der Waals surface area contributed by atoms with Crippen molar-refractivity contribution in [3.8, 4) is 17.6 Å². The van der Waals surface area contributed by atoms with Crippen LogP contribution in [0, 0.1) is 22.7 Å². The topological polar surface area (TPSA) is 94.2 Å². The van der Waals surface area contributed by atoms with Gasteiger partial charge in [-0.2, -0.15) is 5.26 Å². The van der Waals surface area contributed by atoms with Crippen LogP contribution in [0.25, 0.3) is 0 Å². The second-order valence-corrected chi connectivity index (χ2v) is 5.98. The number of rotatable bonds is 7. The van der Waals surface area contributed by atoms with Crippen LogP contribution in [-0.4, -0.2) is 31.1 Å². The first-order valence-corrected chi connectivity index (χ1v) is 7.83. The summed E-state index contributed by atoms with van der Waals surface area (Å²) in [5.41, 5.74) is 1.54. The number of hydrogen-bond acceptors (Lipinski definition) is 5. The summed E-state index contributed by atoms with van der Waals surface area (Å²) >= 11 is 0.